The quantitative estimate of drug-likeness (QED) is 0.603. The van der Waals surface area contributed by atoms with Crippen LogP contribution in [0.25, 0.3) is 0 Å². The smallest absolute Gasteiger partial charge is 0.336 e. The highest BCUT2D eigenvalue weighted by atomic mass is 16.4. The molecule has 2 aromatic rings. The number of aromatic carboxylic acids is 1. The van der Waals surface area contributed by atoms with Crippen LogP contribution in [0.2, 0.25) is 0 Å². The first-order chi connectivity index (χ1) is 12.3. The summed E-state index contributed by atoms with van der Waals surface area (Å²) in [4.78, 5) is 35.8. The van der Waals surface area contributed by atoms with E-state index < -0.39 is 23.4 Å². The maximum Gasteiger partial charge on any atom is 0.336 e. The van der Waals surface area contributed by atoms with Crippen molar-refractivity contribution in [3.8, 4) is 5.75 Å². The molecule has 0 radical (unpaired) electrons. The Morgan fingerprint density at radius 2 is 1.54 bits per heavy atom. The summed E-state index contributed by atoms with van der Waals surface area (Å²) in [5, 5.41) is 30.8. The predicted molar refractivity (Wildman–Crippen MR) is 93.3 cm³/mol. The summed E-state index contributed by atoms with van der Waals surface area (Å²) >= 11 is 0. The van der Waals surface area contributed by atoms with E-state index in [0.717, 1.165) is 0 Å². The molecule has 7 heteroatoms. The van der Waals surface area contributed by atoms with Crippen molar-refractivity contribution in [2.24, 2.45) is 0 Å². The number of aliphatic carboxylic acids is 1. The molecule has 0 aromatic heterocycles. The van der Waals surface area contributed by atoms with Crippen molar-refractivity contribution in [2.45, 2.75) is 25.3 Å². The first kappa shape index (κ1) is 19.0. The van der Waals surface area contributed by atoms with Gasteiger partial charge < -0.3 is 20.6 Å². The summed E-state index contributed by atoms with van der Waals surface area (Å²) in [7, 11) is 0. The van der Waals surface area contributed by atoms with Crippen LogP contribution in [0.1, 0.15) is 39.6 Å². The number of phenolic OH excluding ortho intramolecular Hbond substituents is 1. The molecule has 0 saturated heterocycles. The zero-order valence-electron chi connectivity index (χ0n) is 14.1. The lowest BCUT2D eigenvalue weighted by atomic mass is 9.87. The summed E-state index contributed by atoms with van der Waals surface area (Å²) in [6.45, 7) is 1.62. The molecule has 0 bridgehead atoms. The fraction of sp³-hybridized carbons (Fsp3) is 0.211. The van der Waals surface area contributed by atoms with Gasteiger partial charge in [0, 0.05) is 6.42 Å². The van der Waals surface area contributed by atoms with Crippen LogP contribution in [0.4, 0.5) is 0 Å². The molecule has 0 heterocycles. The first-order valence-electron chi connectivity index (χ1n) is 7.95. The molecule has 0 fully saturated rings. The van der Waals surface area contributed by atoms with Crippen molar-refractivity contribution in [3.05, 3.63) is 65.2 Å². The lowest BCUT2D eigenvalue weighted by molar-refractivity contribution is -0.144. The SMILES string of the molecule is CCC(Cc1ccc(O)cc1)(NC(=O)c1ccccc1C(=O)O)C(=O)O. The van der Waals surface area contributed by atoms with Crippen LogP contribution in [0, 0.1) is 0 Å². The van der Waals surface area contributed by atoms with Crippen LogP contribution in [0.5, 0.6) is 5.75 Å². The van der Waals surface area contributed by atoms with E-state index in [1.807, 2.05) is 0 Å². The van der Waals surface area contributed by atoms with Crippen molar-refractivity contribution in [1.82, 2.24) is 5.32 Å². The number of phenols is 1. The van der Waals surface area contributed by atoms with Gasteiger partial charge in [-0.25, -0.2) is 9.59 Å². The molecule has 0 spiro atoms. The minimum Gasteiger partial charge on any atom is -0.508 e. The lowest BCUT2D eigenvalue weighted by Gasteiger charge is -2.30. The molecule has 1 atom stereocenters. The minimum absolute atomic E-state index is 0.0138. The van der Waals surface area contributed by atoms with Crippen molar-refractivity contribution < 1.29 is 29.7 Å². The highest BCUT2D eigenvalue weighted by molar-refractivity contribution is 6.06. The average Bonchev–Trinajstić information content (AvgIpc) is 2.62. The Morgan fingerprint density at radius 1 is 0.962 bits per heavy atom. The summed E-state index contributed by atoms with van der Waals surface area (Å²) in [5.41, 5.74) is -1.31. The van der Waals surface area contributed by atoms with Crippen molar-refractivity contribution in [1.29, 1.82) is 0 Å². The monoisotopic (exact) mass is 357 g/mol. The Hall–Kier alpha value is -3.35. The molecular weight excluding hydrogens is 338 g/mol. The van der Waals surface area contributed by atoms with E-state index in [1.165, 1.54) is 36.4 Å². The van der Waals surface area contributed by atoms with E-state index in [2.05, 4.69) is 5.32 Å². The molecule has 0 aliphatic heterocycles. The Kier molecular flexibility index (Phi) is 5.61. The van der Waals surface area contributed by atoms with E-state index in [1.54, 1.807) is 19.1 Å². The molecule has 26 heavy (non-hydrogen) atoms. The van der Waals surface area contributed by atoms with E-state index >= 15 is 0 Å². The molecule has 2 rings (SSSR count). The number of nitrogens with one attached hydrogen (secondary N) is 1. The maximum absolute atomic E-state index is 12.6. The number of amides is 1. The predicted octanol–water partition coefficient (Wildman–Crippen LogP) is 2.30. The van der Waals surface area contributed by atoms with Crippen molar-refractivity contribution in [2.75, 3.05) is 0 Å². The molecule has 0 aliphatic rings. The van der Waals surface area contributed by atoms with Gasteiger partial charge in [-0.1, -0.05) is 31.2 Å². The lowest BCUT2D eigenvalue weighted by Crippen LogP contribution is -2.56. The molecule has 1 unspecified atom stereocenters. The van der Waals surface area contributed by atoms with E-state index in [9.17, 15) is 29.7 Å². The molecule has 1 amide bonds. The summed E-state index contributed by atoms with van der Waals surface area (Å²) in [6.07, 6.45) is 0.0737. The Morgan fingerprint density at radius 3 is 2.04 bits per heavy atom. The van der Waals surface area contributed by atoms with E-state index in [4.69, 9.17) is 0 Å². The zero-order chi connectivity index (χ0) is 19.3. The van der Waals surface area contributed by atoms with Gasteiger partial charge in [0.25, 0.3) is 5.91 Å². The third kappa shape index (κ3) is 4.00. The largest absolute Gasteiger partial charge is 0.508 e. The van der Waals surface area contributed by atoms with Gasteiger partial charge in [0.05, 0.1) is 11.1 Å². The Bertz CT molecular complexity index is 830. The number of carboxylic acid groups (broad SMARTS) is 2. The van der Waals surface area contributed by atoms with E-state index in [0.29, 0.717) is 5.56 Å². The number of carboxylic acids is 2. The summed E-state index contributed by atoms with van der Waals surface area (Å²) in [5.74, 6) is -3.22. The topological polar surface area (TPSA) is 124 Å². The number of aromatic hydroxyl groups is 1. The molecule has 2 aromatic carbocycles. The molecule has 7 nitrogen and oxygen atoms in total. The van der Waals surface area contributed by atoms with Gasteiger partial charge in [-0.2, -0.15) is 0 Å². The molecule has 0 saturated carbocycles. The number of hydrogen-bond donors (Lipinski definition) is 4. The van der Waals surface area contributed by atoms with Crippen LogP contribution in [0.3, 0.4) is 0 Å². The third-order valence-corrected chi connectivity index (χ3v) is 4.21. The summed E-state index contributed by atoms with van der Waals surface area (Å²) in [6, 6.07) is 11.6. The number of benzene rings is 2. The molecule has 0 aliphatic carbocycles. The number of carbonyl (C=O) groups is 3. The van der Waals surface area contributed by atoms with Crippen LogP contribution in [-0.4, -0.2) is 38.7 Å². The van der Waals surface area contributed by atoms with Crippen LogP contribution < -0.4 is 5.32 Å². The van der Waals surface area contributed by atoms with E-state index in [-0.39, 0.29) is 29.7 Å². The maximum atomic E-state index is 12.6. The average molecular weight is 357 g/mol. The van der Waals surface area contributed by atoms with Crippen LogP contribution in [-0.2, 0) is 11.2 Å². The van der Waals surface area contributed by atoms with Gasteiger partial charge in [0.2, 0.25) is 0 Å². The van der Waals surface area contributed by atoms with Crippen molar-refractivity contribution >= 4 is 17.8 Å². The fourth-order valence-electron chi connectivity index (χ4n) is 2.65. The van der Waals surface area contributed by atoms with Gasteiger partial charge in [-0.05, 0) is 36.2 Å². The second kappa shape index (κ2) is 7.69. The van der Waals surface area contributed by atoms with Gasteiger partial charge in [0.1, 0.15) is 11.3 Å². The van der Waals surface area contributed by atoms with Gasteiger partial charge in [-0.3, -0.25) is 4.79 Å². The molecule has 4 N–H and O–H groups in total. The third-order valence-electron chi connectivity index (χ3n) is 4.21. The van der Waals surface area contributed by atoms with Gasteiger partial charge >= 0.3 is 11.9 Å². The number of rotatable bonds is 7. The first-order valence-corrected chi connectivity index (χ1v) is 7.95. The molecule has 136 valence electrons. The normalized spacial score (nSPS) is 12.8. The number of carbonyl (C=O) groups excluding carboxylic acids is 1. The zero-order valence-corrected chi connectivity index (χ0v) is 14.1. The Balaban J connectivity index is 2.36. The summed E-state index contributed by atoms with van der Waals surface area (Å²) < 4.78 is 0. The standard InChI is InChI=1S/C19H19NO6/c1-2-19(18(25)26,11-12-7-9-13(21)10-8-12)20-16(22)14-5-3-4-6-15(14)17(23)24/h3-10,21H,2,11H2,1H3,(H,20,22)(H,23,24)(H,25,26). The van der Waals surface area contributed by atoms with Crippen LogP contribution >= 0.6 is 0 Å². The van der Waals surface area contributed by atoms with Crippen LogP contribution in [0.15, 0.2) is 48.5 Å². The van der Waals surface area contributed by atoms with Gasteiger partial charge in [-0.15, -0.1) is 0 Å². The molecular formula is C19H19NO6. The van der Waals surface area contributed by atoms with Gasteiger partial charge in [0.15, 0.2) is 0 Å². The Labute approximate surface area is 149 Å². The fourth-order valence-corrected chi connectivity index (χ4v) is 2.65. The van der Waals surface area contributed by atoms with Crippen molar-refractivity contribution in [3.63, 3.8) is 0 Å². The second-order valence-corrected chi connectivity index (χ2v) is 5.89. The highest BCUT2D eigenvalue weighted by Gasteiger charge is 2.39. The number of hydrogen-bond acceptors (Lipinski definition) is 4. The second-order valence-electron chi connectivity index (χ2n) is 5.89. The minimum atomic E-state index is -1.61. The highest BCUT2D eigenvalue weighted by Crippen LogP contribution is 2.21.